The van der Waals surface area contributed by atoms with Gasteiger partial charge in [0.15, 0.2) is 0 Å². The van der Waals surface area contributed by atoms with Crippen molar-refractivity contribution in [3.8, 4) is 0 Å². The molecule has 0 spiro atoms. The Hall–Kier alpha value is -0.380. The van der Waals surface area contributed by atoms with E-state index in [0.717, 1.165) is 6.42 Å². The van der Waals surface area contributed by atoms with E-state index in [4.69, 9.17) is 5.84 Å². The number of nitrogens with two attached hydrogens (primary N) is 1. The van der Waals surface area contributed by atoms with Crippen LogP contribution < -0.4 is 11.3 Å². The summed E-state index contributed by atoms with van der Waals surface area (Å²) in [5.41, 5.74) is 4.41. The van der Waals surface area contributed by atoms with Gasteiger partial charge in [0.05, 0.1) is 6.04 Å². The maximum absolute atomic E-state index is 5.68. The van der Waals surface area contributed by atoms with Crippen LogP contribution in [0.5, 0.6) is 0 Å². The van der Waals surface area contributed by atoms with E-state index in [9.17, 15) is 0 Å². The fourth-order valence-corrected chi connectivity index (χ4v) is 3.22. The first kappa shape index (κ1) is 12.7. The molecule has 0 aromatic carbocycles. The molecule has 2 unspecified atom stereocenters. The summed E-state index contributed by atoms with van der Waals surface area (Å²) in [7, 11) is 0. The number of hydrogen-bond acceptors (Lipinski definition) is 3. The number of aryl methyl sites for hydroxylation is 1. The average molecular weight is 226 g/mol. The maximum atomic E-state index is 5.68. The Morgan fingerprint density at radius 1 is 1.47 bits per heavy atom. The van der Waals surface area contributed by atoms with Gasteiger partial charge < -0.3 is 0 Å². The van der Waals surface area contributed by atoms with E-state index in [1.54, 1.807) is 0 Å². The van der Waals surface area contributed by atoms with Crippen LogP contribution in [0.2, 0.25) is 0 Å². The zero-order valence-corrected chi connectivity index (χ0v) is 10.7. The molecule has 15 heavy (non-hydrogen) atoms. The van der Waals surface area contributed by atoms with Gasteiger partial charge in [-0.05, 0) is 35.8 Å². The SMILES string of the molecule is CCCC(C)C(NN)c1sccc1CC. The van der Waals surface area contributed by atoms with Crippen LogP contribution in [0.4, 0.5) is 0 Å². The van der Waals surface area contributed by atoms with E-state index < -0.39 is 0 Å². The Labute approximate surface area is 96.9 Å². The van der Waals surface area contributed by atoms with E-state index in [-0.39, 0.29) is 0 Å². The highest BCUT2D eigenvalue weighted by Crippen LogP contribution is 2.31. The highest BCUT2D eigenvalue weighted by molar-refractivity contribution is 7.10. The van der Waals surface area contributed by atoms with E-state index in [2.05, 4.69) is 37.6 Å². The smallest absolute Gasteiger partial charge is 0.0581 e. The number of hydrogen-bond donors (Lipinski definition) is 2. The average Bonchev–Trinajstić information content (AvgIpc) is 2.67. The number of nitrogens with one attached hydrogen (secondary N) is 1. The standard InChI is InChI=1S/C12H22N2S/c1-4-6-9(3)11(14-13)12-10(5-2)7-8-15-12/h7-9,11,14H,4-6,13H2,1-3H3. The van der Waals surface area contributed by atoms with Gasteiger partial charge in [-0.15, -0.1) is 11.3 Å². The lowest BCUT2D eigenvalue weighted by atomic mass is 9.94. The van der Waals surface area contributed by atoms with Gasteiger partial charge in [-0.1, -0.05) is 27.2 Å². The third-order valence-electron chi connectivity index (χ3n) is 2.94. The topological polar surface area (TPSA) is 38.0 Å². The summed E-state index contributed by atoms with van der Waals surface area (Å²) in [5, 5.41) is 2.16. The zero-order valence-electron chi connectivity index (χ0n) is 9.92. The van der Waals surface area contributed by atoms with Gasteiger partial charge in [0.25, 0.3) is 0 Å². The maximum Gasteiger partial charge on any atom is 0.0581 e. The normalized spacial score (nSPS) is 15.2. The van der Waals surface area contributed by atoms with E-state index in [1.165, 1.54) is 23.3 Å². The summed E-state index contributed by atoms with van der Waals surface area (Å²) in [5.74, 6) is 6.28. The van der Waals surface area contributed by atoms with Gasteiger partial charge in [-0.3, -0.25) is 11.3 Å². The molecule has 3 heteroatoms. The molecule has 2 atom stereocenters. The van der Waals surface area contributed by atoms with Crippen molar-refractivity contribution in [2.45, 2.75) is 46.1 Å². The molecule has 0 saturated carbocycles. The van der Waals surface area contributed by atoms with Crippen LogP contribution in [0.15, 0.2) is 11.4 Å². The van der Waals surface area contributed by atoms with Crippen molar-refractivity contribution in [3.63, 3.8) is 0 Å². The summed E-state index contributed by atoms with van der Waals surface area (Å²) in [6, 6.07) is 2.53. The Bertz CT molecular complexity index is 283. The van der Waals surface area contributed by atoms with Crippen LogP contribution in [-0.4, -0.2) is 0 Å². The van der Waals surface area contributed by atoms with Gasteiger partial charge in [0.1, 0.15) is 0 Å². The second-order valence-corrected chi connectivity index (χ2v) is 5.02. The second kappa shape index (κ2) is 6.26. The predicted molar refractivity (Wildman–Crippen MR) is 67.8 cm³/mol. The summed E-state index contributed by atoms with van der Waals surface area (Å²) < 4.78 is 0. The van der Waals surface area contributed by atoms with Crippen LogP contribution in [0.1, 0.15) is 50.1 Å². The molecule has 0 bridgehead atoms. The van der Waals surface area contributed by atoms with Crippen molar-refractivity contribution >= 4 is 11.3 Å². The third-order valence-corrected chi connectivity index (χ3v) is 3.98. The van der Waals surface area contributed by atoms with E-state index in [0.29, 0.717) is 12.0 Å². The molecule has 0 fully saturated rings. The first-order valence-corrected chi connectivity index (χ1v) is 6.64. The molecule has 1 aromatic heterocycles. The molecule has 2 nitrogen and oxygen atoms in total. The molecule has 0 radical (unpaired) electrons. The highest BCUT2D eigenvalue weighted by atomic mass is 32.1. The van der Waals surface area contributed by atoms with Gasteiger partial charge in [-0.25, -0.2) is 0 Å². The Balaban J connectivity index is 2.81. The molecule has 3 N–H and O–H groups in total. The van der Waals surface area contributed by atoms with Crippen LogP contribution in [-0.2, 0) is 6.42 Å². The van der Waals surface area contributed by atoms with Crippen molar-refractivity contribution in [2.75, 3.05) is 0 Å². The van der Waals surface area contributed by atoms with Crippen molar-refractivity contribution in [2.24, 2.45) is 11.8 Å². The molecular formula is C12H22N2S. The second-order valence-electron chi connectivity index (χ2n) is 4.07. The van der Waals surface area contributed by atoms with Crippen molar-refractivity contribution in [1.82, 2.24) is 5.43 Å². The largest absolute Gasteiger partial charge is 0.271 e. The lowest BCUT2D eigenvalue weighted by molar-refractivity contribution is 0.371. The molecule has 1 rings (SSSR count). The molecule has 0 aliphatic heterocycles. The van der Waals surface area contributed by atoms with Crippen LogP contribution >= 0.6 is 11.3 Å². The molecule has 1 aromatic rings. The van der Waals surface area contributed by atoms with Crippen LogP contribution in [0.3, 0.4) is 0 Å². The van der Waals surface area contributed by atoms with Gasteiger partial charge in [0.2, 0.25) is 0 Å². The number of hydrazine groups is 1. The van der Waals surface area contributed by atoms with Crippen molar-refractivity contribution in [1.29, 1.82) is 0 Å². The first-order valence-electron chi connectivity index (χ1n) is 5.76. The minimum atomic E-state index is 0.319. The van der Waals surface area contributed by atoms with Crippen molar-refractivity contribution < 1.29 is 0 Å². The minimum absolute atomic E-state index is 0.319. The van der Waals surface area contributed by atoms with Crippen LogP contribution in [0, 0.1) is 5.92 Å². The number of rotatable bonds is 6. The summed E-state index contributed by atoms with van der Waals surface area (Å²) in [4.78, 5) is 1.42. The van der Waals surface area contributed by atoms with Gasteiger partial charge in [0, 0.05) is 4.88 Å². The van der Waals surface area contributed by atoms with Gasteiger partial charge in [-0.2, -0.15) is 0 Å². The minimum Gasteiger partial charge on any atom is -0.271 e. The van der Waals surface area contributed by atoms with Crippen molar-refractivity contribution in [3.05, 3.63) is 21.9 Å². The monoisotopic (exact) mass is 226 g/mol. The third kappa shape index (κ3) is 3.03. The van der Waals surface area contributed by atoms with E-state index >= 15 is 0 Å². The Kier molecular flexibility index (Phi) is 5.29. The molecule has 0 amide bonds. The molecular weight excluding hydrogens is 204 g/mol. The number of thiophene rings is 1. The molecule has 86 valence electrons. The lowest BCUT2D eigenvalue weighted by Crippen LogP contribution is -2.32. The fourth-order valence-electron chi connectivity index (χ4n) is 2.03. The Morgan fingerprint density at radius 3 is 2.73 bits per heavy atom. The summed E-state index contributed by atoms with van der Waals surface area (Å²) >= 11 is 1.82. The zero-order chi connectivity index (χ0) is 11.3. The summed E-state index contributed by atoms with van der Waals surface area (Å²) in [6.45, 7) is 6.69. The fraction of sp³-hybridized carbons (Fsp3) is 0.667. The molecule has 1 heterocycles. The predicted octanol–water partition coefficient (Wildman–Crippen LogP) is 3.25. The lowest BCUT2D eigenvalue weighted by Gasteiger charge is -2.23. The molecule has 0 aliphatic carbocycles. The molecule has 0 aliphatic rings. The Morgan fingerprint density at radius 2 is 2.20 bits per heavy atom. The first-order chi connectivity index (χ1) is 7.24. The molecule has 0 saturated heterocycles. The van der Waals surface area contributed by atoms with Crippen LogP contribution in [0.25, 0.3) is 0 Å². The van der Waals surface area contributed by atoms with Gasteiger partial charge >= 0.3 is 0 Å². The highest BCUT2D eigenvalue weighted by Gasteiger charge is 2.20. The van der Waals surface area contributed by atoms with E-state index in [1.807, 2.05) is 11.3 Å². The summed E-state index contributed by atoms with van der Waals surface area (Å²) in [6.07, 6.45) is 3.53. The quantitative estimate of drug-likeness (QED) is 0.577.